The van der Waals surface area contributed by atoms with Crippen LogP contribution in [0.1, 0.15) is 79.7 Å². The average molecular weight is 758 g/mol. The van der Waals surface area contributed by atoms with E-state index in [0.717, 1.165) is 10.9 Å². The number of benzene rings is 1. The van der Waals surface area contributed by atoms with Gasteiger partial charge in [-0.1, -0.05) is 72.6 Å². The second-order valence-corrected chi connectivity index (χ2v) is 13.9. The van der Waals surface area contributed by atoms with Crippen molar-refractivity contribution in [3.63, 3.8) is 0 Å². The molecule has 0 spiro atoms. The molecule has 7 atom stereocenters. The van der Waals surface area contributed by atoms with Crippen LogP contribution in [0.5, 0.6) is 0 Å². The molecule has 298 valence electrons. The molecule has 0 radical (unpaired) electrons. The van der Waals surface area contributed by atoms with Crippen molar-refractivity contribution in [2.45, 2.75) is 111 Å². The van der Waals surface area contributed by atoms with Gasteiger partial charge in [-0.2, -0.15) is 0 Å². The third kappa shape index (κ3) is 13.5. The van der Waals surface area contributed by atoms with Crippen molar-refractivity contribution in [2.24, 2.45) is 17.8 Å². The number of aromatic nitrogens is 1. The highest BCUT2D eigenvalue weighted by atomic mass is 16.4. The third-order valence-corrected chi connectivity index (χ3v) is 9.28. The Balaban J connectivity index is 2.46. The van der Waals surface area contributed by atoms with Gasteiger partial charge in [0.2, 0.25) is 35.4 Å². The molecular weight excluding hydrogens is 702 g/mol. The van der Waals surface area contributed by atoms with Crippen LogP contribution >= 0.6 is 0 Å². The minimum Gasteiger partial charge on any atom is -0.481 e. The first-order chi connectivity index (χ1) is 25.4. The number of carboxylic acids is 2. The molecular formula is C37H55N7O10. The van der Waals surface area contributed by atoms with Crippen LogP contribution in [0, 0.1) is 17.8 Å². The van der Waals surface area contributed by atoms with Gasteiger partial charge < -0.3 is 47.1 Å². The largest absolute Gasteiger partial charge is 0.481 e. The molecule has 17 heteroatoms. The molecule has 0 aliphatic carbocycles. The summed E-state index contributed by atoms with van der Waals surface area (Å²) in [5.41, 5.74) is 1.37. The fourth-order valence-corrected chi connectivity index (χ4v) is 5.70. The number of H-pyrrole nitrogens is 1. The Morgan fingerprint density at radius 1 is 0.667 bits per heavy atom. The highest BCUT2D eigenvalue weighted by molar-refractivity contribution is 5.98. The second kappa shape index (κ2) is 21.3. The Morgan fingerprint density at radius 2 is 1.20 bits per heavy atom. The summed E-state index contributed by atoms with van der Waals surface area (Å²) in [6.45, 7) is 11.5. The Morgan fingerprint density at radius 3 is 1.76 bits per heavy atom. The molecule has 2 rings (SSSR count). The van der Waals surface area contributed by atoms with Crippen LogP contribution in [0.4, 0.5) is 0 Å². The lowest BCUT2D eigenvalue weighted by atomic mass is 9.94. The van der Waals surface area contributed by atoms with Crippen LogP contribution in [0.25, 0.3) is 10.9 Å². The molecule has 1 aromatic heterocycles. The fourth-order valence-electron chi connectivity index (χ4n) is 5.70. The summed E-state index contributed by atoms with van der Waals surface area (Å²) < 4.78 is 0. The van der Waals surface area contributed by atoms with Gasteiger partial charge in [0.1, 0.15) is 30.2 Å². The minimum absolute atomic E-state index is 0.105. The molecule has 0 saturated carbocycles. The van der Waals surface area contributed by atoms with Gasteiger partial charge in [0, 0.05) is 37.0 Å². The summed E-state index contributed by atoms with van der Waals surface area (Å²) in [5, 5.41) is 34.8. The molecule has 0 saturated heterocycles. The van der Waals surface area contributed by atoms with E-state index in [9.17, 15) is 43.5 Å². The Kier molecular flexibility index (Phi) is 17.6. The number of aliphatic carboxylic acids is 2. The second-order valence-electron chi connectivity index (χ2n) is 13.9. The molecule has 0 fully saturated rings. The molecule has 6 amide bonds. The van der Waals surface area contributed by atoms with Gasteiger partial charge in [-0.05, 0) is 29.4 Å². The number of nitrogens with one attached hydrogen (secondary N) is 7. The number of carboxylic acid groups (broad SMARTS) is 2. The lowest BCUT2D eigenvalue weighted by Crippen LogP contribution is -2.61. The minimum atomic E-state index is -1.69. The standard InChI is InChI=1S/C37H55N7O10/c1-8-20(5)31(40-22(7)45)37(54)44-32(21(6)9-2)36(53)42-26(16-23-18-39-25-13-11-10-12-24(23)25)33(50)41-27(17-29(48)49)34(51)43-30(19(3)4)35(52)38-15-14-28(46)47/h10-13,18-21,26-27,30-32,39H,8-9,14-17H2,1-7H3,(H,38,52)(H,40,45)(H,41,50)(H,42,53)(H,43,51)(H,44,54)(H,46,47)(H,48,49)/t20?,21?,26-,27-,30-,31-,32-/m0/s1. The molecule has 0 bridgehead atoms. The maximum Gasteiger partial charge on any atom is 0.305 e. The van der Waals surface area contributed by atoms with E-state index in [-0.39, 0.29) is 25.3 Å². The number of rotatable bonds is 22. The summed E-state index contributed by atoms with van der Waals surface area (Å²) in [6.07, 6.45) is 1.33. The normalized spacial score (nSPS) is 15.0. The van der Waals surface area contributed by atoms with Crippen molar-refractivity contribution in [1.29, 1.82) is 0 Å². The van der Waals surface area contributed by atoms with Crippen molar-refractivity contribution < 1.29 is 48.6 Å². The zero-order chi connectivity index (χ0) is 40.7. The number of hydrogen-bond acceptors (Lipinski definition) is 8. The molecule has 1 heterocycles. The van der Waals surface area contributed by atoms with Crippen molar-refractivity contribution in [3.8, 4) is 0 Å². The summed E-state index contributed by atoms with van der Waals surface area (Å²) in [6, 6.07) is 0.888. The summed E-state index contributed by atoms with van der Waals surface area (Å²) in [7, 11) is 0. The number of carbonyl (C=O) groups excluding carboxylic acids is 6. The number of carbonyl (C=O) groups is 8. The van der Waals surface area contributed by atoms with Gasteiger partial charge in [-0.15, -0.1) is 0 Å². The van der Waals surface area contributed by atoms with Crippen molar-refractivity contribution in [2.75, 3.05) is 6.54 Å². The van der Waals surface area contributed by atoms with E-state index < -0.39 is 95.8 Å². The number of amides is 6. The lowest BCUT2D eigenvalue weighted by Gasteiger charge is -2.30. The molecule has 17 nitrogen and oxygen atoms in total. The molecule has 1 aromatic carbocycles. The SMILES string of the molecule is CCC(C)[C@H](NC(C)=O)C(=O)N[C@H](C(=O)N[C@@H](Cc1c[nH]c2ccccc12)C(=O)N[C@@H](CC(=O)O)C(=O)N[C@H](C(=O)NCCC(=O)O)C(C)C)C(C)CC. The van der Waals surface area contributed by atoms with Gasteiger partial charge in [-0.3, -0.25) is 38.4 Å². The van der Waals surface area contributed by atoms with Gasteiger partial charge in [0.25, 0.3) is 0 Å². The van der Waals surface area contributed by atoms with Crippen LogP contribution in [-0.2, 0) is 44.8 Å². The quantitative estimate of drug-likeness (QED) is 0.0822. The van der Waals surface area contributed by atoms with Crippen LogP contribution < -0.4 is 31.9 Å². The summed E-state index contributed by atoms with van der Waals surface area (Å²) in [4.78, 5) is 106. The first-order valence-electron chi connectivity index (χ1n) is 18.1. The molecule has 0 aliphatic rings. The zero-order valence-electron chi connectivity index (χ0n) is 31.9. The van der Waals surface area contributed by atoms with Gasteiger partial charge in [0.15, 0.2) is 0 Å². The topological polar surface area (TPSA) is 265 Å². The fraction of sp³-hybridized carbons (Fsp3) is 0.568. The maximum absolute atomic E-state index is 14.1. The lowest BCUT2D eigenvalue weighted by molar-refractivity contribution is -0.141. The van der Waals surface area contributed by atoms with Crippen molar-refractivity contribution >= 4 is 58.3 Å². The molecule has 54 heavy (non-hydrogen) atoms. The number of fused-ring (bicyclic) bond motifs is 1. The van der Waals surface area contributed by atoms with Crippen LogP contribution in [0.15, 0.2) is 30.5 Å². The third-order valence-electron chi connectivity index (χ3n) is 9.28. The Labute approximate surface area is 314 Å². The first-order valence-corrected chi connectivity index (χ1v) is 18.1. The van der Waals surface area contributed by atoms with E-state index in [2.05, 4.69) is 36.9 Å². The molecule has 0 aliphatic heterocycles. The average Bonchev–Trinajstić information content (AvgIpc) is 3.52. The van der Waals surface area contributed by atoms with E-state index in [1.807, 2.05) is 32.0 Å². The van der Waals surface area contributed by atoms with Gasteiger partial charge in [0.05, 0.1) is 12.8 Å². The highest BCUT2D eigenvalue weighted by Crippen LogP contribution is 2.20. The highest BCUT2D eigenvalue weighted by Gasteiger charge is 2.36. The Hall–Kier alpha value is -5.48. The maximum atomic E-state index is 14.1. The zero-order valence-corrected chi connectivity index (χ0v) is 31.9. The molecule has 2 aromatic rings. The Bertz CT molecular complexity index is 1660. The monoisotopic (exact) mass is 757 g/mol. The van der Waals surface area contributed by atoms with Crippen LogP contribution in [-0.4, -0.2) is 99.3 Å². The van der Waals surface area contributed by atoms with E-state index in [0.29, 0.717) is 18.4 Å². The van der Waals surface area contributed by atoms with E-state index in [1.54, 1.807) is 40.0 Å². The number of para-hydroxylation sites is 1. The van der Waals surface area contributed by atoms with E-state index in [4.69, 9.17) is 5.11 Å². The van der Waals surface area contributed by atoms with Crippen LogP contribution in [0.3, 0.4) is 0 Å². The summed E-state index contributed by atoms with van der Waals surface area (Å²) >= 11 is 0. The van der Waals surface area contributed by atoms with Crippen molar-refractivity contribution in [1.82, 2.24) is 36.9 Å². The predicted octanol–water partition coefficient (Wildman–Crippen LogP) is 0.968. The van der Waals surface area contributed by atoms with Crippen LogP contribution in [0.2, 0.25) is 0 Å². The van der Waals surface area contributed by atoms with Gasteiger partial charge in [-0.25, -0.2) is 0 Å². The van der Waals surface area contributed by atoms with E-state index >= 15 is 0 Å². The number of hydrogen-bond donors (Lipinski definition) is 9. The summed E-state index contributed by atoms with van der Waals surface area (Å²) in [5.74, 6) is -8.10. The molecule has 2 unspecified atom stereocenters. The molecule has 9 N–H and O–H groups in total. The smallest absolute Gasteiger partial charge is 0.305 e. The predicted molar refractivity (Wildman–Crippen MR) is 199 cm³/mol. The van der Waals surface area contributed by atoms with Crippen molar-refractivity contribution in [3.05, 3.63) is 36.0 Å². The first kappa shape index (κ1) is 44.7. The number of aromatic amines is 1. The van der Waals surface area contributed by atoms with Gasteiger partial charge >= 0.3 is 11.9 Å². The van der Waals surface area contributed by atoms with E-state index in [1.165, 1.54) is 6.92 Å².